The number of hydrogen-bond donors (Lipinski definition) is 1. The van der Waals surface area contributed by atoms with Gasteiger partial charge in [0.25, 0.3) is 0 Å². The van der Waals surface area contributed by atoms with Crippen molar-refractivity contribution in [3.63, 3.8) is 0 Å². The van der Waals surface area contributed by atoms with Crippen molar-refractivity contribution in [1.29, 1.82) is 5.26 Å². The van der Waals surface area contributed by atoms with Crippen LogP contribution in [0, 0.1) is 23.1 Å². The van der Waals surface area contributed by atoms with Crippen LogP contribution in [-0.4, -0.2) is 6.04 Å². The second-order valence-corrected chi connectivity index (χ2v) is 4.70. The second kappa shape index (κ2) is 5.29. The summed E-state index contributed by atoms with van der Waals surface area (Å²) in [5.74, 6) is 0.377. The van der Waals surface area contributed by atoms with Gasteiger partial charge in [-0.05, 0) is 36.5 Å². The number of hydrogen-bond acceptors (Lipinski definition) is 2. The van der Waals surface area contributed by atoms with E-state index < -0.39 is 5.82 Å². The molecule has 1 N–H and O–H groups in total. The van der Waals surface area contributed by atoms with Crippen LogP contribution in [0.25, 0.3) is 0 Å². The summed E-state index contributed by atoms with van der Waals surface area (Å²) in [6.45, 7) is 2.92. The standard InChI is InChI=1S/C14H17FN2/c1-2-3-11-7-14(11)17-9-10-4-5-13(15)12(6-10)8-16/h4-6,11,14,17H,2-3,7,9H2,1H3. The first-order chi connectivity index (χ1) is 8.24. The summed E-state index contributed by atoms with van der Waals surface area (Å²) >= 11 is 0. The molecular formula is C14H17FN2. The van der Waals surface area contributed by atoms with E-state index >= 15 is 0 Å². The fraction of sp³-hybridized carbons (Fsp3) is 0.500. The lowest BCUT2D eigenvalue weighted by Gasteiger charge is -2.05. The molecule has 0 saturated heterocycles. The van der Waals surface area contributed by atoms with Crippen LogP contribution in [-0.2, 0) is 6.54 Å². The van der Waals surface area contributed by atoms with Crippen molar-refractivity contribution >= 4 is 0 Å². The number of benzene rings is 1. The molecule has 1 saturated carbocycles. The predicted octanol–water partition coefficient (Wildman–Crippen LogP) is 2.98. The van der Waals surface area contributed by atoms with Gasteiger partial charge in [0.2, 0.25) is 0 Å². The zero-order chi connectivity index (χ0) is 12.3. The van der Waals surface area contributed by atoms with Crippen molar-refractivity contribution < 1.29 is 4.39 Å². The van der Waals surface area contributed by atoms with E-state index in [9.17, 15) is 4.39 Å². The molecule has 2 atom stereocenters. The van der Waals surface area contributed by atoms with Crippen LogP contribution in [0.4, 0.5) is 4.39 Å². The molecule has 1 aromatic carbocycles. The molecule has 0 spiro atoms. The first-order valence-electron chi connectivity index (χ1n) is 6.16. The molecule has 2 nitrogen and oxygen atoms in total. The van der Waals surface area contributed by atoms with E-state index in [1.54, 1.807) is 12.1 Å². The highest BCUT2D eigenvalue weighted by Gasteiger charge is 2.35. The molecule has 0 amide bonds. The summed E-state index contributed by atoms with van der Waals surface area (Å²) in [5.41, 5.74) is 1.11. The van der Waals surface area contributed by atoms with E-state index in [1.165, 1.54) is 25.3 Å². The van der Waals surface area contributed by atoms with Gasteiger partial charge < -0.3 is 5.32 Å². The molecule has 2 unspecified atom stereocenters. The number of rotatable bonds is 5. The molecule has 1 fully saturated rings. The Bertz CT molecular complexity index is 436. The topological polar surface area (TPSA) is 35.8 Å². The van der Waals surface area contributed by atoms with Crippen LogP contribution in [0.3, 0.4) is 0 Å². The Kier molecular flexibility index (Phi) is 3.75. The van der Waals surface area contributed by atoms with Crippen molar-refractivity contribution in [3.8, 4) is 6.07 Å². The third-order valence-corrected chi connectivity index (χ3v) is 3.30. The molecule has 1 aromatic rings. The highest BCUT2D eigenvalue weighted by Crippen LogP contribution is 2.34. The van der Waals surface area contributed by atoms with Gasteiger partial charge in [-0.3, -0.25) is 0 Å². The Balaban J connectivity index is 1.86. The quantitative estimate of drug-likeness (QED) is 0.847. The van der Waals surface area contributed by atoms with Gasteiger partial charge in [0, 0.05) is 12.6 Å². The Morgan fingerprint density at radius 1 is 1.53 bits per heavy atom. The molecule has 0 bridgehead atoms. The largest absolute Gasteiger partial charge is 0.310 e. The first kappa shape index (κ1) is 12.1. The van der Waals surface area contributed by atoms with E-state index in [1.807, 2.05) is 6.07 Å². The normalized spacial score (nSPS) is 22.2. The van der Waals surface area contributed by atoms with E-state index in [0.29, 0.717) is 6.04 Å². The van der Waals surface area contributed by atoms with Gasteiger partial charge in [-0.15, -0.1) is 0 Å². The van der Waals surface area contributed by atoms with Gasteiger partial charge in [-0.25, -0.2) is 4.39 Å². The molecule has 0 aliphatic heterocycles. The molecule has 0 aromatic heterocycles. The van der Waals surface area contributed by atoms with Crippen LogP contribution in [0.1, 0.15) is 37.3 Å². The maximum atomic E-state index is 13.1. The third-order valence-electron chi connectivity index (χ3n) is 3.30. The van der Waals surface area contributed by atoms with Crippen LogP contribution < -0.4 is 5.32 Å². The minimum Gasteiger partial charge on any atom is -0.310 e. The lowest BCUT2D eigenvalue weighted by atomic mass is 10.1. The van der Waals surface area contributed by atoms with Crippen LogP contribution in [0.15, 0.2) is 18.2 Å². The SMILES string of the molecule is CCCC1CC1NCc1ccc(F)c(C#N)c1. The summed E-state index contributed by atoms with van der Waals surface area (Å²) in [4.78, 5) is 0. The molecular weight excluding hydrogens is 215 g/mol. The monoisotopic (exact) mass is 232 g/mol. The van der Waals surface area contributed by atoms with E-state index in [0.717, 1.165) is 18.0 Å². The lowest BCUT2D eigenvalue weighted by Crippen LogP contribution is -2.17. The number of nitrogens with one attached hydrogen (secondary N) is 1. The Labute approximate surface area is 101 Å². The van der Waals surface area contributed by atoms with Gasteiger partial charge in [-0.2, -0.15) is 5.26 Å². The number of nitrogens with zero attached hydrogens (tertiary/aromatic N) is 1. The molecule has 1 aliphatic rings. The minimum absolute atomic E-state index is 0.130. The first-order valence-corrected chi connectivity index (χ1v) is 6.16. The zero-order valence-corrected chi connectivity index (χ0v) is 10.0. The molecule has 0 heterocycles. The fourth-order valence-electron chi connectivity index (χ4n) is 2.20. The Hall–Kier alpha value is -1.40. The number of halogens is 1. The molecule has 1 aliphatic carbocycles. The van der Waals surface area contributed by atoms with E-state index in [-0.39, 0.29) is 5.56 Å². The van der Waals surface area contributed by atoms with Crippen molar-refractivity contribution in [3.05, 3.63) is 35.1 Å². The predicted molar refractivity (Wildman–Crippen MR) is 64.8 cm³/mol. The summed E-state index contributed by atoms with van der Waals surface area (Å²) < 4.78 is 13.1. The highest BCUT2D eigenvalue weighted by atomic mass is 19.1. The minimum atomic E-state index is -0.438. The van der Waals surface area contributed by atoms with Crippen molar-refractivity contribution in [1.82, 2.24) is 5.32 Å². The van der Waals surface area contributed by atoms with Crippen molar-refractivity contribution in [2.75, 3.05) is 0 Å². The Morgan fingerprint density at radius 3 is 3.06 bits per heavy atom. The zero-order valence-electron chi connectivity index (χ0n) is 10.0. The van der Waals surface area contributed by atoms with Crippen molar-refractivity contribution in [2.24, 2.45) is 5.92 Å². The molecule has 2 rings (SSSR count). The highest BCUT2D eigenvalue weighted by molar-refractivity contribution is 5.34. The molecule has 3 heteroatoms. The van der Waals surface area contributed by atoms with Gasteiger partial charge in [0.1, 0.15) is 11.9 Å². The van der Waals surface area contributed by atoms with Crippen LogP contribution in [0.2, 0.25) is 0 Å². The number of nitriles is 1. The average Bonchev–Trinajstić information content (AvgIpc) is 3.07. The van der Waals surface area contributed by atoms with E-state index in [4.69, 9.17) is 5.26 Å². The van der Waals surface area contributed by atoms with Crippen LogP contribution >= 0.6 is 0 Å². The molecule has 17 heavy (non-hydrogen) atoms. The van der Waals surface area contributed by atoms with Gasteiger partial charge in [-0.1, -0.05) is 19.4 Å². The maximum Gasteiger partial charge on any atom is 0.140 e. The summed E-state index contributed by atoms with van der Waals surface area (Å²) in [5, 5.41) is 12.2. The Morgan fingerprint density at radius 2 is 2.35 bits per heavy atom. The molecule has 90 valence electrons. The summed E-state index contributed by atoms with van der Waals surface area (Å²) in [6, 6.07) is 7.21. The van der Waals surface area contributed by atoms with Gasteiger partial charge >= 0.3 is 0 Å². The second-order valence-electron chi connectivity index (χ2n) is 4.70. The fourth-order valence-corrected chi connectivity index (χ4v) is 2.20. The lowest BCUT2D eigenvalue weighted by molar-refractivity contribution is 0.596. The maximum absolute atomic E-state index is 13.1. The molecule has 0 radical (unpaired) electrons. The van der Waals surface area contributed by atoms with Crippen LogP contribution in [0.5, 0.6) is 0 Å². The summed E-state index contributed by atoms with van der Waals surface area (Å²) in [6.07, 6.45) is 3.77. The summed E-state index contributed by atoms with van der Waals surface area (Å²) in [7, 11) is 0. The van der Waals surface area contributed by atoms with Crippen molar-refractivity contribution in [2.45, 2.75) is 38.8 Å². The third kappa shape index (κ3) is 3.04. The van der Waals surface area contributed by atoms with Gasteiger partial charge in [0.15, 0.2) is 0 Å². The smallest absolute Gasteiger partial charge is 0.140 e. The van der Waals surface area contributed by atoms with Gasteiger partial charge in [0.05, 0.1) is 5.56 Å². The average molecular weight is 232 g/mol. The van der Waals surface area contributed by atoms with E-state index in [2.05, 4.69) is 12.2 Å².